The third kappa shape index (κ3) is 2.92. The van der Waals surface area contributed by atoms with Gasteiger partial charge in [0.1, 0.15) is 5.75 Å². The summed E-state index contributed by atoms with van der Waals surface area (Å²) in [6.45, 7) is 3.26. The summed E-state index contributed by atoms with van der Waals surface area (Å²) in [4.78, 5) is 14.5. The van der Waals surface area contributed by atoms with Crippen molar-refractivity contribution in [2.24, 2.45) is 0 Å². The Kier molecular flexibility index (Phi) is 3.95. The molecular formula is C14H14N2O4. The number of hydrogen-bond donors (Lipinski definition) is 1. The highest BCUT2D eigenvalue weighted by molar-refractivity contribution is 5.49. The van der Waals surface area contributed by atoms with Crippen LogP contribution in [0, 0.1) is 17.0 Å². The number of nitrogens with zero attached hydrogens (tertiary/aromatic N) is 2. The molecule has 1 N–H and O–H groups in total. The summed E-state index contributed by atoms with van der Waals surface area (Å²) < 4.78 is 5.54. The van der Waals surface area contributed by atoms with Gasteiger partial charge in [0, 0.05) is 18.3 Å². The van der Waals surface area contributed by atoms with Crippen LogP contribution < -0.4 is 4.74 Å². The molecule has 2 aromatic rings. The van der Waals surface area contributed by atoms with Gasteiger partial charge in [0.15, 0.2) is 0 Å². The van der Waals surface area contributed by atoms with Crippen LogP contribution in [0.25, 0.3) is 0 Å². The number of hydrogen-bond acceptors (Lipinski definition) is 5. The van der Waals surface area contributed by atoms with Crippen LogP contribution in [0.2, 0.25) is 0 Å². The van der Waals surface area contributed by atoms with Gasteiger partial charge in [-0.1, -0.05) is 6.07 Å². The third-order valence-electron chi connectivity index (χ3n) is 2.91. The number of nitro benzene ring substituents is 1. The highest BCUT2D eigenvalue weighted by Crippen LogP contribution is 2.30. The maximum atomic E-state index is 10.9. The van der Waals surface area contributed by atoms with Gasteiger partial charge >= 0.3 is 0 Å². The number of aliphatic hydroxyl groups excluding tert-OH is 1. The molecule has 0 fully saturated rings. The zero-order chi connectivity index (χ0) is 14.7. The molecule has 0 bridgehead atoms. The summed E-state index contributed by atoms with van der Waals surface area (Å²) in [5, 5.41) is 20.2. The SMILES string of the molecule is Cc1c(Oc2ccc([C@H](C)O)cn2)cccc1[N+](=O)[O-]. The van der Waals surface area contributed by atoms with Gasteiger partial charge in [-0.15, -0.1) is 0 Å². The van der Waals surface area contributed by atoms with Crippen molar-refractivity contribution in [2.45, 2.75) is 20.0 Å². The van der Waals surface area contributed by atoms with Crippen molar-refractivity contribution in [3.8, 4) is 11.6 Å². The summed E-state index contributed by atoms with van der Waals surface area (Å²) in [6, 6.07) is 7.93. The lowest BCUT2D eigenvalue weighted by Crippen LogP contribution is -1.97. The van der Waals surface area contributed by atoms with E-state index >= 15 is 0 Å². The van der Waals surface area contributed by atoms with Gasteiger partial charge in [0.2, 0.25) is 5.88 Å². The number of rotatable bonds is 4. The molecule has 0 unspecified atom stereocenters. The molecule has 20 heavy (non-hydrogen) atoms. The van der Waals surface area contributed by atoms with Gasteiger partial charge in [0.05, 0.1) is 16.6 Å². The number of aromatic nitrogens is 1. The van der Waals surface area contributed by atoms with Crippen LogP contribution in [0.5, 0.6) is 11.6 Å². The van der Waals surface area contributed by atoms with Crippen molar-refractivity contribution in [1.82, 2.24) is 4.98 Å². The van der Waals surface area contributed by atoms with E-state index in [4.69, 9.17) is 4.74 Å². The lowest BCUT2D eigenvalue weighted by Gasteiger charge is -2.09. The fourth-order valence-electron chi connectivity index (χ4n) is 1.72. The summed E-state index contributed by atoms with van der Waals surface area (Å²) in [5.41, 5.74) is 1.12. The van der Waals surface area contributed by atoms with Gasteiger partial charge in [-0.05, 0) is 31.5 Å². The zero-order valence-electron chi connectivity index (χ0n) is 11.1. The van der Waals surface area contributed by atoms with Crippen LogP contribution in [-0.4, -0.2) is 15.0 Å². The van der Waals surface area contributed by atoms with Gasteiger partial charge < -0.3 is 9.84 Å². The zero-order valence-corrected chi connectivity index (χ0v) is 11.1. The monoisotopic (exact) mass is 274 g/mol. The molecule has 0 amide bonds. The molecule has 6 heteroatoms. The number of benzene rings is 1. The topological polar surface area (TPSA) is 85.5 Å². The Morgan fingerprint density at radius 3 is 2.65 bits per heavy atom. The molecule has 0 spiro atoms. The van der Waals surface area contributed by atoms with Crippen LogP contribution in [0.4, 0.5) is 5.69 Å². The molecule has 6 nitrogen and oxygen atoms in total. The first-order valence-electron chi connectivity index (χ1n) is 6.05. The first kappa shape index (κ1) is 14.0. The molecule has 0 radical (unpaired) electrons. The van der Waals surface area contributed by atoms with Crippen molar-refractivity contribution < 1.29 is 14.8 Å². The Hall–Kier alpha value is -2.47. The molecule has 0 saturated carbocycles. The lowest BCUT2D eigenvalue weighted by molar-refractivity contribution is -0.385. The van der Waals surface area contributed by atoms with E-state index < -0.39 is 11.0 Å². The highest BCUT2D eigenvalue weighted by Gasteiger charge is 2.15. The first-order valence-corrected chi connectivity index (χ1v) is 6.05. The van der Waals surface area contributed by atoms with Crippen molar-refractivity contribution in [2.75, 3.05) is 0 Å². The average molecular weight is 274 g/mol. The Bertz CT molecular complexity index is 624. The van der Waals surface area contributed by atoms with E-state index in [1.54, 1.807) is 38.1 Å². The molecule has 0 aliphatic heterocycles. The maximum absolute atomic E-state index is 10.9. The minimum absolute atomic E-state index is 0.00287. The largest absolute Gasteiger partial charge is 0.439 e. The van der Waals surface area contributed by atoms with E-state index in [1.165, 1.54) is 12.3 Å². The van der Waals surface area contributed by atoms with Gasteiger partial charge in [0.25, 0.3) is 5.69 Å². The predicted molar refractivity (Wildman–Crippen MR) is 72.8 cm³/mol. The van der Waals surface area contributed by atoms with E-state index in [9.17, 15) is 15.2 Å². The van der Waals surface area contributed by atoms with E-state index in [2.05, 4.69) is 4.98 Å². The first-order chi connectivity index (χ1) is 9.49. The fraction of sp³-hybridized carbons (Fsp3) is 0.214. The molecule has 2 rings (SSSR count). The standard InChI is InChI=1S/C14H14N2O4/c1-9-12(16(18)19)4-3-5-13(9)20-14-7-6-11(8-15-14)10(2)17/h3-8,10,17H,1-2H3/t10-/m0/s1. The van der Waals surface area contributed by atoms with E-state index in [0.717, 1.165) is 0 Å². The van der Waals surface area contributed by atoms with Crippen LogP contribution in [0.1, 0.15) is 24.2 Å². The highest BCUT2D eigenvalue weighted by atomic mass is 16.6. The molecule has 1 aromatic carbocycles. The molecule has 1 heterocycles. The average Bonchev–Trinajstić information content (AvgIpc) is 2.41. The minimum atomic E-state index is -0.601. The lowest BCUT2D eigenvalue weighted by atomic mass is 10.2. The van der Waals surface area contributed by atoms with Crippen molar-refractivity contribution in [3.05, 3.63) is 57.8 Å². The van der Waals surface area contributed by atoms with Crippen molar-refractivity contribution >= 4 is 5.69 Å². The molecule has 1 aromatic heterocycles. The summed E-state index contributed by atoms with van der Waals surface area (Å²) in [5.74, 6) is 0.703. The third-order valence-corrected chi connectivity index (χ3v) is 2.91. The van der Waals surface area contributed by atoms with Gasteiger partial charge in [-0.2, -0.15) is 0 Å². The van der Waals surface area contributed by atoms with Gasteiger partial charge in [-0.3, -0.25) is 10.1 Å². The Balaban J connectivity index is 2.26. The molecule has 0 aliphatic carbocycles. The van der Waals surface area contributed by atoms with Crippen LogP contribution in [0.15, 0.2) is 36.5 Å². The van der Waals surface area contributed by atoms with E-state index in [1.807, 2.05) is 0 Å². The summed E-state index contributed by atoms with van der Waals surface area (Å²) in [7, 11) is 0. The summed E-state index contributed by atoms with van der Waals surface area (Å²) >= 11 is 0. The normalized spacial score (nSPS) is 11.9. The Labute approximate surface area is 115 Å². The Morgan fingerprint density at radius 2 is 2.10 bits per heavy atom. The van der Waals surface area contributed by atoms with E-state index in [0.29, 0.717) is 22.8 Å². The van der Waals surface area contributed by atoms with Crippen LogP contribution >= 0.6 is 0 Å². The van der Waals surface area contributed by atoms with Crippen molar-refractivity contribution in [1.29, 1.82) is 0 Å². The quantitative estimate of drug-likeness (QED) is 0.683. The smallest absolute Gasteiger partial charge is 0.276 e. The number of pyridine rings is 1. The minimum Gasteiger partial charge on any atom is -0.439 e. The van der Waals surface area contributed by atoms with Crippen molar-refractivity contribution in [3.63, 3.8) is 0 Å². The van der Waals surface area contributed by atoms with Crippen LogP contribution in [-0.2, 0) is 0 Å². The summed E-state index contributed by atoms with van der Waals surface area (Å²) in [6.07, 6.45) is 0.906. The number of aliphatic hydroxyl groups is 1. The number of ether oxygens (including phenoxy) is 1. The molecule has 0 aliphatic rings. The van der Waals surface area contributed by atoms with E-state index in [-0.39, 0.29) is 5.69 Å². The van der Waals surface area contributed by atoms with Crippen LogP contribution in [0.3, 0.4) is 0 Å². The molecule has 104 valence electrons. The van der Waals surface area contributed by atoms with Gasteiger partial charge in [-0.25, -0.2) is 4.98 Å². The molecular weight excluding hydrogens is 260 g/mol. The Morgan fingerprint density at radius 1 is 1.35 bits per heavy atom. The second-order valence-electron chi connectivity index (χ2n) is 4.37. The molecule has 1 atom stereocenters. The predicted octanol–water partition coefficient (Wildman–Crippen LogP) is 3.14. The second-order valence-corrected chi connectivity index (χ2v) is 4.37. The second kappa shape index (κ2) is 5.66. The molecule has 0 saturated heterocycles. The number of nitro groups is 1. The fourth-order valence-corrected chi connectivity index (χ4v) is 1.72. The maximum Gasteiger partial charge on any atom is 0.276 e.